The number of thiophene rings is 1. The van der Waals surface area contributed by atoms with Crippen LogP contribution in [0.15, 0.2) is 69.6 Å². The Balaban J connectivity index is 2.00. The van der Waals surface area contributed by atoms with E-state index in [1.54, 1.807) is 29.6 Å². The molecule has 0 radical (unpaired) electrons. The van der Waals surface area contributed by atoms with Gasteiger partial charge in [-0.2, -0.15) is 0 Å². The first kappa shape index (κ1) is 16.8. The van der Waals surface area contributed by atoms with E-state index in [-0.39, 0.29) is 12.2 Å². The van der Waals surface area contributed by atoms with Crippen LogP contribution in [-0.4, -0.2) is 9.13 Å². The zero-order valence-corrected chi connectivity index (χ0v) is 14.9. The molecule has 26 heavy (non-hydrogen) atoms. The summed E-state index contributed by atoms with van der Waals surface area (Å²) in [5.74, 6) is -0.513. The first-order valence-corrected chi connectivity index (χ1v) is 9.04. The van der Waals surface area contributed by atoms with Gasteiger partial charge >= 0.3 is 5.69 Å². The minimum atomic E-state index is -0.522. The van der Waals surface area contributed by atoms with Gasteiger partial charge in [0, 0.05) is 5.02 Å². The summed E-state index contributed by atoms with van der Waals surface area (Å²) in [5.41, 5.74) is 0.615. The molecule has 0 N–H and O–H groups in total. The highest BCUT2D eigenvalue weighted by atomic mass is 35.5. The van der Waals surface area contributed by atoms with Crippen molar-refractivity contribution < 1.29 is 4.39 Å². The third-order valence-electron chi connectivity index (χ3n) is 4.05. The number of nitrogens with zero attached hydrogens (tertiary/aromatic N) is 2. The van der Waals surface area contributed by atoms with Crippen molar-refractivity contribution in [2.75, 3.05) is 0 Å². The Hall–Kier alpha value is -2.70. The van der Waals surface area contributed by atoms with E-state index < -0.39 is 17.1 Å². The van der Waals surface area contributed by atoms with Gasteiger partial charge < -0.3 is 0 Å². The SMILES string of the molecule is O=c1c2sccc2n(Cc2cccc(Cl)c2)c(=O)n1-c1cccc(F)c1. The molecule has 0 amide bonds. The lowest BCUT2D eigenvalue weighted by Gasteiger charge is -2.12. The van der Waals surface area contributed by atoms with E-state index in [9.17, 15) is 14.0 Å². The lowest BCUT2D eigenvalue weighted by atomic mass is 10.2. The first-order chi connectivity index (χ1) is 12.5. The molecular formula is C19H12ClFN2O2S. The molecule has 0 atom stereocenters. The number of hydrogen-bond donors (Lipinski definition) is 0. The van der Waals surface area contributed by atoms with Crippen molar-refractivity contribution in [3.05, 3.63) is 97.2 Å². The Morgan fingerprint density at radius 2 is 1.85 bits per heavy atom. The Morgan fingerprint density at radius 3 is 2.62 bits per heavy atom. The predicted octanol–water partition coefficient (Wildman–Crippen LogP) is 4.05. The number of aromatic nitrogens is 2. The molecule has 0 aliphatic heterocycles. The van der Waals surface area contributed by atoms with Crippen molar-refractivity contribution in [3.63, 3.8) is 0 Å². The maximum Gasteiger partial charge on any atom is 0.336 e. The molecule has 7 heteroatoms. The third-order valence-corrected chi connectivity index (χ3v) is 5.18. The molecule has 0 saturated heterocycles. The van der Waals surface area contributed by atoms with Crippen LogP contribution < -0.4 is 11.2 Å². The normalized spacial score (nSPS) is 11.2. The highest BCUT2D eigenvalue weighted by molar-refractivity contribution is 7.17. The topological polar surface area (TPSA) is 44.0 Å². The zero-order chi connectivity index (χ0) is 18.3. The van der Waals surface area contributed by atoms with Gasteiger partial charge in [-0.15, -0.1) is 11.3 Å². The van der Waals surface area contributed by atoms with Gasteiger partial charge in [-0.25, -0.2) is 13.8 Å². The summed E-state index contributed by atoms with van der Waals surface area (Å²) < 4.78 is 16.6. The average molecular weight is 387 g/mol. The van der Waals surface area contributed by atoms with Gasteiger partial charge in [-0.05, 0) is 47.3 Å². The first-order valence-electron chi connectivity index (χ1n) is 7.78. The van der Waals surface area contributed by atoms with Crippen molar-refractivity contribution in [1.82, 2.24) is 9.13 Å². The minimum Gasteiger partial charge on any atom is -0.288 e. The Bertz CT molecular complexity index is 1240. The monoisotopic (exact) mass is 386 g/mol. The van der Waals surface area contributed by atoms with E-state index in [4.69, 9.17) is 11.6 Å². The van der Waals surface area contributed by atoms with Crippen molar-refractivity contribution in [2.45, 2.75) is 6.54 Å². The van der Waals surface area contributed by atoms with E-state index in [2.05, 4.69) is 0 Å². The van der Waals surface area contributed by atoms with Crippen LogP contribution in [0, 0.1) is 5.82 Å². The second-order valence-corrected chi connectivity index (χ2v) is 7.11. The van der Waals surface area contributed by atoms with Crippen LogP contribution in [0.2, 0.25) is 5.02 Å². The summed E-state index contributed by atoms with van der Waals surface area (Å²) >= 11 is 7.29. The number of fused-ring (bicyclic) bond motifs is 1. The molecule has 130 valence electrons. The molecule has 2 aromatic carbocycles. The van der Waals surface area contributed by atoms with Crippen LogP contribution >= 0.6 is 22.9 Å². The summed E-state index contributed by atoms with van der Waals surface area (Å²) in [4.78, 5) is 25.9. The third kappa shape index (κ3) is 2.87. The van der Waals surface area contributed by atoms with Crippen LogP contribution in [0.3, 0.4) is 0 Å². The Kier molecular flexibility index (Phi) is 4.22. The van der Waals surface area contributed by atoms with Gasteiger partial charge in [0.1, 0.15) is 10.5 Å². The second-order valence-electron chi connectivity index (χ2n) is 5.75. The number of rotatable bonds is 3. The van der Waals surface area contributed by atoms with Crippen LogP contribution in [-0.2, 0) is 6.54 Å². The summed E-state index contributed by atoms with van der Waals surface area (Å²) in [6.45, 7) is 0.252. The fourth-order valence-electron chi connectivity index (χ4n) is 2.90. The van der Waals surface area contributed by atoms with Gasteiger partial charge in [0.25, 0.3) is 5.56 Å². The molecule has 0 unspecified atom stereocenters. The van der Waals surface area contributed by atoms with Crippen molar-refractivity contribution in [2.24, 2.45) is 0 Å². The van der Waals surface area contributed by atoms with Crippen molar-refractivity contribution >= 4 is 33.2 Å². The summed E-state index contributed by atoms with van der Waals surface area (Å²) in [6.07, 6.45) is 0. The molecule has 0 bridgehead atoms. The molecule has 4 aromatic rings. The zero-order valence-electron chi connectivity index (χ0n) is 13.4. The number of hydrogen-bond acceptors (Lipinski definition) is 3. The van der Waals surface area contributed by atoms with Crippen LogP contribution in [0.1, 0.15) is 5.56 Å². The molecule has 0 aliphatic carbocycles. The maximum absolute atomic E-state index is 13.6. The van der Waals surface area contributed by atoms with Crippen molar-refractivity contribution in [1.29, 1.82) is 0 Å². The van der Waals surface area contributed by atoms with E-state index in [1.165, 1.54) is 40.2 Å². The molecule has 0 spiro atoms. The van der Waals surface area contributed by atoms with E-state index in [0.717, 1.165) is 10.1 Å². The van der Waals surface area contributed by atoms with Crippen LogP contribution in [0.4, 0.5) is 4.39 Å². The maximum atomic E-state index is 13.6. The standard InChI is InChI=1S/C19H12ClFN2O2S/c20-13-4-1-3-12(9-13)11-22-16-7-8-26-17(16)18(24)23(19(22)25)15-6-2-5-14(21)10-15/h1-10H,11H2. The predicted molar refractivity (Wildman–Crippen MR) is 102 cm³/mol. The van der Waals surface area contributed by atoms with Crippen LogP contribution in [0.5, 0.6) is 0 Å². The minimum absolute atomic E-state index is 0.204. The smallest absolute Gasteiger partial charge is 0.288 e. The van der Waals surface area contributed by atoms with E-state index in [0.29, 0.717) is 15.2 Å². The van der Waals surface area contributed by atoms with Gasteiger partial charge in [0.15, 0.2) is 0 Å². The van der Waals surface area contributed by atoms with E-state index in [1.807, 2.05) is 6.07 Å². The molecular weight excluding hydrogens is 375 g/mol. The summed E-state index contributed by atoms with van der Waals surface area (Å²) in [6, 6.07) is 14.4. The molecule has 0 saturated carbocycles. The Labute approximate surface area is 156 Å². The molecule has 0 fully saturated rings. The van der Waals surface area contributed by atoms with Gasteiger partial charge in [0.2, 0.25) is 0 Å². The molecule has 4 rings (SSSR count). The Morgan fingerprint density at radius 1 is 1.04 bits per heavy atom. The molecule has 2 heterocycles. The second kappa shape index (κ2) is 6.55. The highest BCUT2D eigenvalue weighted by Crippen LogP contribution is 2.19. The quantitative estimate of drug-likeness (QED) is 0.533. The molecule has 0 aliphatic rings. The van der Waals surface area contributed by atoms with Crippen molar-refractivity contribution in [3.8, 4) is 5.69 Å². The molecule has 2 aromatic heterocycles. The largest absolute Gasteiger partial charge is 0.336 e. The fourth-order valence-corrected chi connectivity index (χ4v) is 3.94. The van der Waals surface area contributed by atoms with Gasteiger partial charge in [-0.3, -0.25) is 9.36 Å². The number of halogens is 2. The van der Waals surface area contributed by atoms with Gasteiger partial charge in [0.05, 0.1) is 17.7 Å². The summed E-state index contributed by atoms with van der Waals surface area (Å²) in [5, 5.41) is 2.33. The lowest BCUT2D eigenvalue weighted by Crippen LogP contribution is -2.38. The van der Waals surface area contributed by atoms with Gasteiger partial charge in [-0.1, -0.05) is 29.8 Å². The lowest BCUT2D eigenvalue weighted by molar-refractivity contribution is 0.624. The average Bonchev–Trinajstić information content (AvgIpc) is 3.09. The van der Waals surface area contributed by atoms with Crippen LogP contribution in [0.25, 0.3) is 15.9 Å². The van der Waals surface area contributed by atoms with E-state index >= 15 is 0 Å². The molecule has 4 nitrogen and oxygen atoms in total. The fraction of sp³-hybridized carbons (Fsp3) is 0.0526. The highest BCUT2D eigenvalue weighted by Gasteiger charge is 2.16. The number of benzene rings is 2. The summed E-state index contributed by atoms with van der Waals surface area (Å²) in [7, 11) is 0.